The number of carbonyl (C=O) groups is 1. The molecule has 1 heterocycles. The summed E-state index contributed by atoms with van der Waals surface area (Å²) < 4.78 is 0.841. The van der Waals surface area contributed by atoms with Crippen molar-refractivity contribution in [1.29, 1.82) is 0 Å². The van der Waals surface area contributed by atoms with Gasteiger partial charge in [-0.3, -0.25) is 4.79 Å². The number of thioether (sulfide) groups is 1. The Kier molecular flexibility index (Phi) is 4.56. The second-order valence-electron chi connectivity index (χ2n) is 4.56. The number of nitrogen functional groups attached to an aromatic ring is 1. The van der Waals surface area contributed by atoms with Crippen LogP contribution in [0.15, 0.2) is 16.6 Å². The highest BCUT2D eigenvalue weighted by molar-refractivity contribution is 9.10. The van der Waals surface area contributed by atoms with Gasteiger partial charge >= 0.3 is 0 Å². The van der Waals surface area contributed by atoms with Crippen molar-refractivity contribution in [2.45, 2.75) is 25.8 Å². The van der Waals surface area contributed by atoms with Gasteiger partial charge in [0.25, 0.3) is 5.91 Å². The highest BCUT2D eigenvalue weighted by Gasteiger charge is 2.19. The third-order valence-electron chi connectivity index (χ3n) is 3.15. The van der Waals surface area contributed by atoms with Crippen molar-refractivity contribution in [3.63, 3.8) is 0 Å². The van der Waals surface area contributed by atoms with Crippen LogP contribution >= 0.6 is 27.7 Å². The summed E-state index contributed by atoms with van der Waals surface area (Å²) in [6.07, 6.45) is 2.25. The highest BCUT2D eigenvalue weighted by Crippen LogP contribution is 2.23. The van der Waals surface area contributed by atoms with Gasteiger partial charge in [-0.2, -0.15) is 11.8 Å². The van der Waals surface area contributed by atoms with Crippen LogP contribution in [0.2, 0.25) is 0 Å². The fourth-order valence-corrected chi connectivity index (χ4v) is 3.60. The lowest BCUT2D eigenvalue weighted by Crippen LogP contribution is -2.38. The molecule has 1 aliphatic rings. The lowest BCUT2D eigenvalue weighted by molar-refractivity contribution is 0.0938. The molecule has 3 N–H and O–H groups in total. The first-order valence-corrected chi connectivity index (χ1v) is 7.97. The van der Waals surface area contributed by atoms with Crippen molar-refractivity contribution in [3.05, 3.63) is 27.7 Å². The van der Waals surface area contributed by atoms with Gasteiger partial charge in [0.1, 0.15) is 0 Å². The number of rotatable bonds is 2. The van der Waals surface area contributed by atoms with Crippen LogP contribution in [0.25, 0.3) is 0 Å². The van der Waals surface area contributed by atoms with Crippen LogP contribution in [0.1, 0.15) is 28.8 Å². The molecule has 1 aliphatic heterocycles. The predicted octanol–water partition coefficient (Wildman–Crippen LogP) is 2.97. The Hall–Kier alpha value is -0.680. The minimum Gasteiger partial charge on any atom is -0.398 e. The average molecular weight is 329 g/mol. The number of carbonyl (C=O) groups excluding carboxylic acids is 1. The van der Waals surface area contributed by atoms with Crippen LogP contribution in [0, 0.1) is 6.92 Å². The molecule has 1 atom stereocenters. The molecule has 0 aromatic heterocycles. The first kappa shape index (κ1) is 13.7. The molecule has 1 fully saturated rings. The number of halogens is 1. The fourth-order valence-electron chi connectivity index (χ4n) is 2.05. The molecular formula is C13H17BrN2OS. The standard InChI is InChI=1S/C13H17BrN2OS/c1-8-11(5-9(14)6-12(8)15)13(17)16-10-3-2-4-18-7-10/h5-6,10H,2-4,7,15H2,1H3,(H,16,17). The second kappa shape index (κ2) is 5.97. The molecule has 5 heteroatoms. The Morgan fingerprint density at radius 2 is 2.33 bits per heavy atom. The van der Waals surface area contributed by atoms with Crippen molar-refractivity contribution >= 4 is 39.3 Å². The van der Waals surface area contributed by atoms with Gasteiger partial charge in [0.15, 0.2) is 0 Å². The van der Waals surface area contributed by atoms with E-state index in [1.54, 1.807) is 0 Å². The summed E-state index contributed by atoms with van der Waals surface area (Å²) in [5.74, 6) is 2.19. The van der Waals surface area contributed by atoms with Crippen molar-refractivity contribution in [1.82, 2.24) is 5.32 Å². The van der Waals surface area contributed by atoms with Gasteiger partial charge in [-0.1, -0.05) is 15.9 Å². The van der Waals surface area contributed by atoms with Crippen LogP contribution in [-0.2, 0) is 0 Å². The number of hydrogen-bond donors (Lipinski definition) is 2. The van der Waals surface area contributed by atoms with Gasteiger partial charge < -0.3 is 11.1 Å². The number of benzene rings is 1. The lowest BCUT2D eigenvalue weighted by atomic mass is 10.1. The minimum atomic E-state index is -0.0204. The van der Waals surface area contributed by atoms with E-state index in [-0.39, 0.29) is 11.9 Å². The second-order valence-corrected chi connectivity index (χ2v) is 6.62. The topological polar surface area (TPSA) is 55.1 Å². The molecule has 18 heavy (non-hydrogen) atoms. The smallest absolute Gasteiger partial charge is 0.251 e. The van der Waals surface area contributed by atoms with Crippen molar-refractivity contribution in [2.75, 3.05) is 17.2 Å². The van der Waals surface area contributed by atoms with E-state index in [2.05, 4.69) is 21.2 Å². The molecule has 1 saturated heterocycles. The summed E-state index contributed by atoms with van der Waals surface area (Å²) in [5, 5.41) is 3.09. The Morgan fingerprint density at radius 1 is 1.56 bits per heavy atom. The Bertz CT molecular complexity index is 459. The molecule has 0 bridgehead atoms. The first-order valence-electron chi connectivity index (χ1n) is 6.02. The molecule has 1 amide bonds. The van der Waals surface area contributed by atoms with Crippen molar-refractivity contribution in [3.8, 4) is 0 Å². The molecule has 0 aliphatic carbocycles. The highest BCUT2D eigenvalue weighted by atomic mass is 79.9. The van der Waals surface area contributed by atoms with Crippen molar-refractivity contribution < 1.29 is 4.79 Å². The van der Waals surface area contributed by atoms with E-state index in [1.165, 1.54) is 12.2 Å². The molecule has 1 aromatic carbocycles. The van der Waals surface area contributed by atoms with Crippen LogP contribution in [0.5, 0.6) is 0 Å². The zero-order chi connectivity index (χ0) is 13.1. The van der Waals surface area contributed by atoms with Crippen LogP contribution < -0.4 is 11.1 Å². The summed E-state index contributed by atoms with van der Waals surface area (Å²) in [4.78, 5) is 12.2. The summed E-state index contributed by atoms with van der Waals surface area (Å²) in [5.41, 5.74) is 8.03. The molecule has 0 saturated carbocycles. The van der Waals surface area contributed by atoms with Gasteiger partial charge in [-0.25, -0.2) is 0 Å². The fraction of sp³-hybridized carbons (Fsp3) is 0.462. The Morgan fingerprint density at radius 3 is 3.00 bits per heavy atom. The Labute approximate surface area is 120 Å². The maximum Gasteiger partial charge on any atom is 0.251 e. The number of nitrogens with one attached hydrogen (secondary N) is 1. The van der Waals surface area contributed by atoms with Crippen molar-refractivity contribution in [2.24, 2.45) is 0 Å². The quantitative estimate of drug-likeness (QED) is 0.820. The van der Waals surface area contributed by atoms with E-state index in [4.69, 9.17) is 5.73 Å². The Balaban J connectivity index is 2.13. The number of amides is 1. The van der Waals surface area contributed by atoms with Gasteiger partial charge in [0.2, 0.25) is 0 Å². The van der Waals surface area contributed by atoms with Crippen LogP contribution in [0.3, 0.4) is 0 Å². The van der Waals surface area contributed by atoms with Gasteiger partial charge in [0.05, 0.1) is 0 Å². The molecule has 2 rings (SSSR count). The monoisotopic (exact) mass is 328 g/mol. The van der Waals surface area contributed by atoms with E-state index < -0.39 is 0 Å². The summed E-state index contributed by atoms with van der Waals surface area (Å²) in [7, 11) is 0. The summed E-state index contributed by atoms with van der Waals surface area (Å²) >= 11 is 5.28. The molecular weight excluding hydrogens is 312 g/mol. The molecule has 1 aromatic rings. The normalized spacial score (nSPS) is 19.6. The summed E-state index contributed by atoms with van der Waals surface area (Å²) in [6.45, 7) is 1.88. The van der Waals surface area contributed by atoms with Crippen LogP contribution in [-0.4, -0.2) is 23.5 Å². The van der Waals surface area contributed by atoms with E-state index >= 15 is 0 Å². The summed E-state index contributed by atoms with van der Waals surface area (Å²) in [6, 6.07) is 3.94. The van der Waals surface area contributed by atoms with Crippen LogP contribution in [0.4, 0.5) is 5.69 Å². The first-order chi connectivity index (χ1) is 8.58. The SMILES string of the molecule is Cc1c(N)cc(Br)cc1C(=O)NC1CCCSC1. The van der Waals surface area contributed by atoms with E-state index in [9.17, 15) is 4.79 Å². The van der Waals surface area contributed by atoms with Gasteiger partial charge in [-0.05, 0) is 43.2 Å². The average Bonchev–Trinajstić information content (AvgIpc) is 2.35. The minimum absolute atomic E-state index is 0.0204. The van der Waals surface area contributed by atoms with E-state index in [0.29, 0.717) is 11.3 Å². The predicted molar refractivity (Wildman–Crippen MR) is 81.1 cm³/mol. The zero-order valence-corrected chi connectivity index (χ0v) is 12.7. The lowest BCUT2D eigenvalue weighted by Gasteiger charge is -2.23. The zero-order valence-electron chi connectivity index (χ0n) is 10.3. The maximum absolute atomic E-state index is 12.2. The maximum atomic E-state index is 12.2. The molecule has 3 nitrogen and oxygen atoms in total. The van der Waals surface area contributed by atoms with E-state index in [1.807, 2.05) is 30.8 Å². The number of hydrogen-bond acceptors (Lipinski definition) is 3. The van der Waals surface area contributed by atoms with Gasteiger partial charge in [-0.15, -0.1) is 0 Å². The molecule has 1 unspecified atom stereocenters. The molecule has 0 radical (unpaired) electrons. The third-order valence-corrected chi connectivity index (χ3v) is 4.83. The van der Waals surface area contributed by atoms with Gasteiger partial charge in [0, 0.05) is 27.5 Å². The van der Waals surface area contributed by atoms with E-state index in [0.717, 1.165) is 22.2 Å². The number of nitrogens with two attached hydrogens (primary N) is 1. The largest absolute Gasteiger partial charge is 0.398 e. The number of anilines is 1. The molecule has 0 spiro atoms. The molecule has 98 valence electrons. The third kappa shape index (κ3) is 3.20.